The third-order valence-electron chi connectivity index (χ3n) is 3.35. The highest BCUT2D eigenvalue weighted by molar-refractivity contribution is 7.93. The second-order valence-electron chi connectivity index (χ2n) is 4.88. The predicted molar refractivity (Wildman–Crippen MR) is 84.7 cm³/mol. The predicted octanol–water partition coefficient (Wildman–Crippen LogP) is 2.86. The van der Waals surface area contributed by atoms with Gasteiger partial charge >= 0.3 is 0 Å². The van der Waals surface area contributed by atoms with Crippen molar-refractivity contribution in [2.45, 2.75) is 11.8 Å². The number of nitrogen functional groups attached to an aromatic ring is 1. The van der Waals surface area contributed by atoms with Gasteiger partial charge in [-0.15, -0.1) is 0 Å². The molecular formula is C15H15N3O2S. The van der Waals surface area contributed by atoms with E-state index in [1.54, 1.807) is 30.3 Å². The second-order valence-corrected chi connectivity index (χ2v) is 6.53. The highest BCUT2D eigenvalue weighted by Crippen LogP contribution is 2.27. The quantitative estimate of drug-likeness (QED) is 0.650. The summed E-state index contributed by atoms with van der Waals surface area (Å²) in [6.07, 6.45) is 1.48. The van der Waals surface area contributed by atoms with E-state index in [1.165, 1.54) is 6.20 Å². The number of nitrogens with one attached hydrogen (secondary N) is 2. The number of H-pyrrole nitrogens is 1. The van der Waals surface area contributed by atoms with Crippen molar-refractivity contribution in [1.29, 1.82) is 0 Å². The maximum Gasteiger partial charge on any atom is 0.264 e. The number of nitrogens with two attached hydrogens (primary N) is 1. The number of benzene rings is 2. The van der Waals surface area contributed by atoms with Crippen LogP contribution in [0, 0.1) is 6.92 Å². The van der Waals surface area contributed by atoms with Gasteiger partial charge < -0.3 is 10.7 Å². The van der Waals surface area contributed by atoms with Crippen LogP contribution in [0.25, 0.3) is 10.9 Å². The molecule has 0 saturated carbocycles. The van der Waals surface area contributed by atoms with Gasteiger partial charge in [-0.2, -0.15) is 0 Å². The Bertz CT molecular complexity index is 914. The van der Waals surface area contributed by atoms with Gasteiger partial charge in [0.05, 0.1) is 5.69 Å². The van der Waals surface area contributed by atoms with Crippen molar-refractivity contribution in [1.82, 2.24) is 4.98 Å². The molecule has 0 unspecified atom stereocenters. The number of para-hydroxylation sites is 1. The standard InChI is InChI=1S/C15H15N3O2S/c1-10-4-2-3-5-13(10)18-21(19,20)15-9-17-14-8-11(16)6-7-12(14)15/h2-9,17-18H,16H2,1H3. The van der Waals surface area contributed by atoms with Gasteiger partial charge in [0.2, 0.25) is 0 Å². The molecule has 2 aromatic carbocycles. The molecule has 21 heavy (non-hydrogen) atoms. The first-order valence-electron chi connectivity index (χ1n) is 6.42. The van der Waals surface area contributed by atoms with E-state index in [0.29, 0.717) is 22.3 Å². The normalized spacial score (nSPS) is 11.7. The lowest BCUT2D eigenvalue weighted by Gasteiger charge is -2.09. The number of sulfonamides is 1. The number of anilines is 2. The van der Waals surface area contributed by atoms with Crippen LogP contribution in [0.15, 0.2) is 53.6 Å². The van der Waals surface area contributed by atoms with Crippen LogP contribution in [0.3, 0.4) is 0 Å². The van der Waals surface area contributed by atoms with Crippen molar-refractivity contribution in [3.63, 3.8) is 0 Å². The van der Waals surface area contributed by atoms with Gasteiger partial charge in [-0.3, -0.25) is 4.72 Å². The van der Waals surface area contributed by atoms with E-state index >= 15 is 0 Å². The Morgan fingerprint density at radius 2 is 1.90 bits per heavy atom. The van der Waals surface area contributed by atoms with Crippen LogP contribution in [0.1, 0.15) is 5.56 Å². The summed E-state index contributed by atoms with van der Waals surface area (Å²) in [4.78, 5) is 3.15. The summed E-state index contributed by atoms with van der Waals surface area (Å²) >= 11 is 0. The van der Waals surface area contributed by atoms with Crippen molar-refractivity contribution in [3.8, 4) is 0 Å². The molecule has 0 radical (unpaired) electrons. The Kier molecular flexibility index (Phi) is 3.10. The fourth-order valence-corrected chi connectivity index (χ4v) is 3.54. The summed E-state index contributed by atoms with van der Waals surface area (Å²) in [5.41, 5.74) is 8.42. The van der Waals surface area contributed by atoms with E-state index in [1.807, 2.05) is 19.1 Å². The third kappa shape index (κ3) is 2.45. The van der Waals surface area contributed by atoms with E-state index in [0.717, 1.165) is 5.56 Å². The maximum absolute atomic E-state index is 12.6. The van der Waals surface area contributed by atoms with Gasteiger partial charge in [0.15, 0.2) is 0 Å². The summed E-state index contributed by atoms with van der Waals surface area (Å²) in [5.74, 6) is 0. The lowest BCUT2D eigenvalue weighted by molar-refractivity contribution is 0.602. The molecule has 0 amide bonds. The summed E-state index contributed by atoms with van der Waals surface area (Å²) in [5, 5.41) is 0.616. The zero-order valence-corrected chi connectivity index (χ0v) is 12.2. The average molecular weight is 301 g/mol. The number of rotatable bonds is 3. The van der Waals surface area contributed by atoms with Crippen LogP contribution in [-0.2, 0) is 10.0 Å². The molecule has 6 heteroatoms. The maximum atomic E-state index is 12.6. The largest absolute Gasteiger partial charge is 0.399 e. The van der Waals surface area contributed by atoms with Crippen LogP contribution < -0.4 is 10.5 Å². The Morgan fingerprint density at radius 1 is 1.14 bits per heavy atom. The minimum Gasteiger partial charge on any atom is -0.399 e. The molecule has 0 saturated heterocycles. The number of aromatic nitrogens is 1. The first-order chi connectivity index (χ1) is 9.97. The smallest absolute Gasteiger partial charge is 0.264 e. The number of fused-ring (bicyclic) bond motifs is 1. The first-order valence-corrected chi connectivity index (χ1v) is 7.91. The summed E-state index contributed by atoms with van der Waals surface area (Å²) in [6.45, 7) is 1.85. The molecule has 1 heterocycles. The Balaban J connectivity index is 2.07. The van der Waals surface area contributed by atoms with E-state index in [4.69, 9.17) is 5.73 Å². The molecule has 0 fully saturated rings. The average Bonchev–Trinajstić information content (AvgIpc) is 2.85. The minimum atomic E-state index is -3.65. The van der Waals surface area contributed by atoms with Crippen LogP contribution in [0.2, 0.25) is 0 Å². The minimum absolute atomic E-state index is 0.209. The third-order valence-corrected chi connectivity index (χ3v) is 4.75. The zero-order chi connectivity index (χ0) is 15.0. The van der Waals surface area contributed by atoms with Crippen molar-refractivity contribution in [2.75, 3.05) is 10.5 Å². The van der Waals surface area contributed by atoms with Gasteiger partial charge in [-0.05, 0) is 36.8 Å². The fourth-order valence-electron chi connectivity index (χ4n) is 2.23. The Labute approximate surface area is 122 Å². The van der Waals surface area contributed by atoms with Crippen LogP contribution >= 0.6 is 0 Å². The molecule has 3 rings (SSSR count). The van der Waals surface area contributed by atoms with Gasteiger partial charge in [-0.25, -0.2) is 8.42 Å². The molecule has 0 bridgehead atoms. The molecule has 108 valence electrons. The van der Waals surface area contributed by atoms with Gasteiger partial charge in [0.25, 0.3) is 10.0 Å². The van der Waals surface area contributed by atoms with E-state index in [2.05, 4.69) is 9.71 Å². The van der Waals surface area contributed by atoms with Gasteiger partial charge in [-0.1, -0.05) is 18.2 Å². The van der Waals surface area contributed by atoms with Crippen LogP contribution in [-0.4, -0.2) is 13.4 Å². The molecule has 1 aromatic heterocycles. The van der Waals surface area contributed by atoms with E-state index in [-0.39, 0.29) is 4.90 Å². The first kappa shape index (κ1) is 13.5. The second kappa shape index (κ2) is 4.82. The summed E-state index contributed by atoms with van der Waals surface area (Å²) in [6, 6.07) is 12.3. The monoisotopic (exact) mass is 301 g/mol. The van der Waals surface area contributed by atoms with Crippen molar-refractivity contribution >= 4 is 32.3 Å². The van der Waals surface area contributed by atoms with Crippen LogP contribution in [0.4, 0.5) is 11.4 Å². The van der Waals surface area contributed by atoms with Crippen LogP contribution in [0.5, 0.6) is 0 Å². The van der Waals surface area contributed by atoms with Crippen molar-refractivity contribution < 1.29 is 8.42 Å². The number of hydrogen-bond acceptors (Lipinski definition) is 3. The summed E-state index contributed by atoms with van der Waals surface area (Å²) in [7, 11) is -3.65. The van der Waals surface area contributed by atoms with Crippen molar-refractivity contribution in [3.05, 3.63) is 54.2 Å². The molecular weight excluding hydrogens is 286 g/mol. The van der Waals surface area contributed by atoms with E-state index in [9.17, 15) is 8.42 Å². The van der Waals surface area contributed by atoms with E-state index < -0.39 is 10.0 Å². The fraction of sp³-hybridized carbons (Fsp3) is 0.0667. The van der Waals surface area contributed by atoms with Gasteiger partial charge in [0.1, 0.15) is 4.90 Å². The molecule has 0 aliphatic rings. The zero-order valence-electron chi connectivity index (χ0n) is 11.4. The Morgan fingerprint density at radius 3 is 2.67 bits per heavy atom. The SMILES string of the molecule is Cc1ccccc1NS(=O)(=O)c1c[nH]c2cc(N)ccc12. The molecule has 3 aromatic rings. The molecule has 4 N–H and O–H groups in total. The molecule has 0 spiro atoms. The number of aryl methyl sites for hydroxylation is 1. The topological polar surface area (TPSA) is 88.0 Å². The summed E-state index contributed by atoms with van der Waals surface area (Å²) < 4.78 is 27.7. The Hall–Kier alpha value is -2.47. The highest BCUT2D eigenvalue weighted by atomic mass is 32.2. The van der Waals surface area contributed by atoms with Crippen molar-refractivity contribution in [2.24, 2.45) is 0 Å². The molecule has 5 nitrogen and oxygen atoms in total. The molecule has 0 aliphatic carbocycles. The lowest BCUT2D eigenvalue weighted by atomic mass is 10.2. The highest BCUT2D eigenvalue weighted by Gasteiger charge is 2.19. The molecule has 0 atom stereocenters. The lowest BCUT2D eigenvalue weighted by Crippen LogP contribution is -2.13. The molecule has 0 aliphatic heterocycles. The van der Waals surface area contributed by atoms with Gasteiger partial charge in [0, 0.05) is 22.8 Å². The number of hydrogen-bond donors (Lipinski definition) is 3. The number of aromatic amines is 1.